The van der Waals surface area contributed by atoms with Gasteiger partial charge in [0.2, 0.25) is 0 Å². The zero-order valence-corrected chi connectivity index (χ0v) is 18.5. The fourth-order valence-corrected chi connectivity index (χ4v) is 5.88. The summed E-state index contributed by atoms with van der Waals surface area (Å²) >= 11 is 1.73. The first kappa shape index (κ1) is 19.2. The molecule has 0 saturated heterocycles. The van der Waals surface area contributed by atoms with Crippen LogP contribution in [0.5, 0.6) is 0 Å². The normalized spacial score (nSPS) is 20.0. The molecule has 32 heavy (non-hydrogen) atoms. The van der Waals surface area contributed by atoms with Gasteiger partial charge in [-0.15, -0.1) is 11.3 Å². The molecule has 5 nitrogen and oxygen atoms in total. The van der Waals surface area contributed by atoms with E-state index in [1.54, 1.807) is 23.7 Å². The van der Waals surface area contributed by atoms with E-state index in [1.807, 2.05) is 41.9 Å². The molecule has 1 aromatic carbocycles. The highest BCUT2D eigenvalue weighted by atomic mass is 32.1. The monoisotopic (exact) mass is 438 g/mol. The Labute approximate surface area is 190 Å². The third kappa shape index (κ3) is 3.02. The predicted octanol–water partition coefficient (Wildman–Crippen LogP) is 5.60. The van der Waals surface area contributed by atoms with E-state index in [9.17, 15) is 4.79 Å². The molecule has 0 fully saturated rings. The van der Waals surface area contributed by atoms with Gasteiger partial charge in [0.05, 0.1) is 11.4 Å². The van der Waals surface area contributed by atoms with Crippen LogP contribution in [0.2, 0.25) is 0 Å². The fourth-order valence-electron chi connectivity index (χ4n) is 5.05. The number of pyridine rings is 1. The minimum Gasteiger partial charge on any atom is -0.343 e. The lowest BCUT2D eigenvalue weighted by atomic mass is 9.73. The van der Waals surface area contributed by atoms with Gasteiger partial charge in [-0.05, 0) is 54.6 Å². The van der Waals surface area contributed by atoms with Crippen molar-refractivity contribution in [3.05, 3.63) is 105 Å². The van der Waals surface area contributed by atoms with Crippen molar-refractivity contribution in [2.45, 2.75) is 31.6 Å². The summed E-state index contributed by atoms with van der Waals surface area (Å²) < 4.78 is 1.97. The van der Waals surface area contributed by atoms with Crippen molar-refractivity contribution in [2.75, 3.05) is 5.32 Å². The molecule has 0 saturated carbocycles. The Morgan fingerprint density at radius 2 is 1.84 bits per heavy atom. The Hall–Kier alpha value is -3.51. The van der Waals surface area contributed by atoms with E-state index < -0.39 is 0 Å². The number of ketones is 1. The second-order valence-electron chi connectivity index (χ2n) is 8.37. The molecule has 0 amide bonds. The van der Waals surface area contributed by atoms with Crippen molar-refractivity contribution in [1.82, 2.24) is 14.8 Å². The van der Waals surface area contributed by atoms with Crippen LogP contribution in [0.4, 0.5) is 5.82 Å². The van der Waals surface area contributed by atoms with Gasteiger partial charge in [0.15, 0.2) is 5.78 Å². The fraction of sp³-hybridized carbons (Fsp3) is 0.192. The zero-order chi connectivity index (χ0) is 21.7. The van der Waals surface area contributed by atoms with E-state index in [0.29, 0.717) is 6.42 Å². The van der Waals surface area contributed by atoms with Gasteiger partial charge in [0, 0.05) is 52.4 Å². The van der Waals surface area contributed by atoms with Crippen molar-refractivity contribution in [3.8, 4) is 5.69 Å². The number of aromatic nitrogens is 3. The van der Waals surface area contributed by atoms with Crippen LogP contribution in [0.1, 0.15) is 46.4 Å². The van der Waals surface area contributed by atoms with Crippen LogP contribution < -0.4 is 5.32 Å². The molecule has 3 aromatic heterocycles. The highest BCUT2D eigenvalue weighted by Crippen LogP contribution is 2.49. The van der Waals surface area contributed by atoms with Crippen LogP contribution in [-0.4, -0.2) is 20.5 Å². The molecule has 2 atom stereocenters. The lowest BCUT2D eigenvalue weighted by Crippen LogP contribution is -2.30. The number of fused-ring (bicyclic) bond motifs is 1. The molecular weight excluding hydrogens is 416 g/mol. The van der Waals surface area contributed by atoms with Gasteiger partial charge >= 0.3 is 0 Å². The van der Waals surface area contributed by atoms with E-state index >= 15 is 0 Å². The predicted molar refractivity (Wildman–Crippen MR) is 126 cm³/mol. The average molecular weight is 439 g/mol. The maximum Gasteiger partial charge on any atom is 0.162 e. The number of aryl methyl sites for hydroxylation is 1. The Morgan fingerprint density at radius 3 is 2.59 bits per heavy atom. The van der Waals surface area contributed by atoms with E-state index in [2.05, 4.69) is 39.9 Å². The molecular formula is C26H22N4OS. The topological polar surface area (TPSA) is 59.8 Å². The lowest BCUT2D eigenvalue weighted by Gasteiger charge is -2.35. The maximum atomic E-state index is 13.6. The first-order valence-electron chi connectivity index (χ1n) is 10.8. The quantitative estimate of drug-likeness (QED) is 0.453. The van der Waals surface area contributed by atoms with Crippen molar-refractivity contribution >= 4 is 22.9 Å². The molecule has 0 bridgehead atoms. The lowest BCUT2D eigenvalue weighted by molar-refractivity contribution is -0.116. The van der Waals surface area contributed by atoms with Gasteiger partial charge in [-0.1, -0.05) is 24.3 Å². The van der Waals surface area contributed by atoms with E-state index in [0.717, 1.165) is 46.0 Å². The molecule has 0 spiro atoms. The van der Waals surface area contributed by atoms with Crippen molar-refractivity contribution in [1.29, 1.82) is 0 Å². The number of allylic oxidation sites excluding steroid dienone is 2. The number of Topliss-reactive ketones (excluding diaryl/α,β-unsaturated/α-hetero) is 1. The van der Waals surface area contributed by atoms with Crippen LogP contribution in [0, 0.1) is 6.92 Å². The molecule has 0 radical (unpaired) electrons. The minimum absolute atomic E-state index is 0.140. The smallest absolute Gasteiger partial charge is 0.162 e. The van der Waals surface area contributed by atoms with Crippen molar-refractivity contribution in [3.63, 3.8) is 0 Å². The van der Waals surface area contributed by atoms with E-state index in [-0.39, 0.29) is 17.6 Å². The summed E-state index contributed by atoms with van der Waals surface area (Å²) in [5.41, 5.74) is 5.98. The second kappa shape index (κ2) is 7.57. The van der Waals surface area contributed by atoms with Crippen molar-refractivity contribution < 1.29 is 4.79 Å². The molecule has 4 heterocycles. The zero-order valence-electron chi connectivity index (χ0n) is 17.7. The van der Waals surface area contributed by atoms with Crippen LogP contribution in [0.3, 0.4) is 0 Å². The molecule has 1 N–H and O–H groups in total. The largest absolute Gasteiger partial charge is 0.343 e. The highest BCUT2D eigenvalue weighted by Gasteiger charge is 2.41. The van der Waals surface area contributed by atoms with Crippen LogP contribution >= 0.6 is 11.3 Å². The summed E-state index contributed by atoms with van der Waals surface area (Å²) in [5, 5.41) is 10.6. The van der Waals surface area contributed by atoms with Gasteiger partial charge in [0.25, 0.3) is 0 Å². The standard InChI is InChI=1S/C26H22N4OS/c1-16-23-24(17-9-11-27-12-10-17)25-20(14-18(15-21(25)31)22-8-5-13-32-22)28-26(23)30(29-16)19-6-3-2-4-7-19/h2-13,18,24,28H,14-15H2,1H3/t18-,24+/m0/s1. The van der Waals surface area contributed by atoms with E-state index in [1.165, 1.54) is 4.88 Å². The number of rotatable bonds is 3. The Kier molecular flexibility index (Phi) is 4.54. The number of hydrogen-bond donors (Lipinski definition) is 1. The molecule has 4 aromatic rings. The molecule has 1 aliphatic heterocycles. The second-order valence-corrected chi connectivity index (χ2v) is 9.35. The number of carbonyl (C=O) groups is 1. The molecule has 6 rings (SSSR count). The van der Waals surface area contributed by atoms with Crippen LogP contribution in [-0.2, 0) is 4.79 Å². The number of benzene rings is 1. The summed E-state index contributed by atoms with van der Waals surface area (Å²) in [5.74, 6) is 1.24. The molecule has 6 heteroatoms. The van der Waals surface area contributed by atoms with Gasteiger partial charge < -0.3 is 5.32 Å². The molecule has 2 aliphatic rings. The summed E-state index contributed by atoms with van der Waals surface area (Å²) in [6, 6.07) is 18.4. The van der Waals surface area contributed by atoms with Crippen molar-refractivity contribution in [2.24, 2.45) is 0 Å². The maximum absolute atomic E-state index is 13.6. The molecule has 158 valence electrons. The minimum atomic E-state index is -0.140. The first-order chi connectivity index (χ1) is 15.7. The Morgan fingerprint density at radius 1 is 1.03 bits per heavy atom. The third-order valence-electron chi connectivity index (χ3n) is 6.45. The summed E-state index contributed by atoms with van der Waals surface area (Å²) in [4.78, 5) is 19.1. The number of nitrogens with zero attached hydrogens (tertiary/aromatic N) is 3. The molecule has 1 aliphatic carbocycles. The molecule has 0 unspecified atom stereocenters. The van der Waals surface area contributed by atoms with Gasteiger partial charge in [-0.3, -0.25) is 9.78 Å². The van der Waals surface area contributed by atoms with Gasteiger partial charge in [-0.25, -0.2) is 4.68 Å². The summed E-state index contributed by atoms with van der Waals surface area (Å²) in [6.07, 6.45) is 4.97. The number of para-hydroxylation sites is 1. The number of anilines is 1. The Bertz CT molecular complexity index is 1320. The number of hydrogen-bond acceptors (Lipinski definition) is 5. The van der Waals surface area contributed by atoms with E-state index in [4.69, 9.17) is 5.10 Å². The van der Waals surface area contributed by atoms with Gasteiger partial charge in [0.1, 0.15) is 5.82 Å². The van der Waals surface area contributed by atoms with Gasteiger partial charge in [-0.2, -0.15) is 5.10 Å². The van der Waals surface area contributed by atoms with Crippen LogP contribution in [0.25, 0.3) is 5.69 Å². The number of thiophene rings is 1. The number of nitrogens with one attached hydrogen (secondary N) is 1. The van der Waals surface area contributed by atoms with Crippen LogP contribution in [0.15, 0.2) is 83.6 Å². The summed E-state index contributed by atoms with van der Waals surface area (Å²) in [7, 11) is 0. The number of carbonyl (C=O) groups excluding carboxylic acids is 1. The third-order valence-corrected chi connectivity index (χ3v) is 7.48. The summed E-state index contributed by atoms with van der Waals surface area (Å²) in [6.45, 7) is 2.03. The highest BCUT2D eigenvalue weighted by molar-refractivity contribution is 7.10. The first-order valence-corrected chi connectivity index (χ1v) is 11.7. The Balaban J connectivity index is 1.54. The average Bonchev–Trinajstić information content (AvgIpc) is 3.48. The SMILES string of the molecule is Cc1nn(-c2ccccc2)c2c1[C@@H](c1ccncc1)C1=C(C[C@H](c3cccs3)CC1=O)N2.